The Hall–Kier alpha value is -0.900. The molecule has 1 aliphatic rings. The first-order valence-electron chi connectivity index (χ1n) is 6.01. The minimum absolute atomic E-state index is 0.191. The van der Waals surface area contributed by atoms with Gasteiger partial charge in [0.15, 0.2) is 0 Å². The lowest BCUT2D eigenvalue weighted by molar-refractivity contribution is -0.657. The molecule has 2 N–H and O–H groups in total. The summed E-state index contributed by atoms with van der Waals surface area (Å²) in [6.45, 7) is 6.57. The molecule has 0 amide bonds. The number of hydrogen-bond acceptors (Lipinski definition) is 2. The summed E-state index contributed by atoms with van der Waals surface area (Å²) in [6, 6.07) is 10.4. The topological polar surface area (TPSA) is 16.6 Å². The van der Waals surface area contributed by atoms with Crippen molar-refractivity contribution < 1.29 is 5.32 Å². The van der Waals surface area contributed by atoms with Crippen molar-refractivity contribution in [2.24, 2.45) is 0 Å². The molecule has 0 spiro atoms. The molecular weight excluding hydrogens is 258 g/mol. The van der Waals surface area contributed by atoms with Gasteiger partial charge in [0.2, 0.25) is 0 Å². The third-order valence-corrected chi connectivity index (χ3v) is 4.03. The molecule has 94 valence electrons. The van der Waals surface area contributed by atoms with E-state index in [4.69, 9.17) is 12.2 Å². The second kappa shape index (κ2) is 5.39. The smallest absolute Gasteiger partial charge is 0.102 e. The zero-order chi connectivity index (χ0) is 13.2. The largest absolute Gasteiger partial charge is 0.315 e. The van der Waals surface area contributed by atoms with E-state index in [-0.39, 0.29) is 5.54 Å². The van der Waals surface area contributed by atoms with Gasteiger partial charge in [-0.2, -0.15) is 0 Å². The number of rotatable bonds is 2. The maximum atomic E-state index is 5.43. The molecule has 3 heteroatoms. The van der Waals surface area contributed by atoms with Gasteiger partial charge in [0.1, 0.15) is 6.20 Å². The van der Waals surface area contributed by atoms with Crippen molar-refractivity contribution in [1.29, 1.82) is 0 Å². The van der Waals surface area contributed by atoms with Crippen molar-refractivity contribution in [3.8, 4) is 0 Å². The van der Waals surface area contributed by atoms with Gasteiger partial charge in [0.25, 0.3) is 0 Å². The predicted octanol–water partition coefficient (Wildman–Crippen LogP) is 3.35. The van der Waals surface area contributed by atoms with Gasteiger partial charge in [-0.15, -0.1) is 0 Å². The zero-order valence-electron chi connectivity index (χ0n) is 10.9. The van der Waals surface area contributed by atoms with Crippen molar-refractivity contribution in [1.82, 2.24) is 0 Å². The Morgan fingerprint density at radius 3 is 2.44 bits per heavy atom. The highest BCUT2D eigenvalue weighted by Crippen LogP contribution is 2.38. The Labute approximate surface area is 118 Å². The molecule has 0 saturated heterocycles. The highest BCUT2D eigenvalue weighted by atomic mass is 32.2. The molecule has 0 radical (unpaired) electrons. The maximum Gasteiger partial charge on any atom is 0.102 e. The lowest BCUT2D eigenvalue weighted by Gasteiger charge is -2.13. The van der Waals surface area contributed by atoms with E-state index in [0.717, 1.165) is 9.77 Å². The van der Waals surface area contributed by atoms with Gasteiger partial charge < -0.3 is 5.32 Å². The fraction of sp³-hybridized carbons (Fsp3) is 0.267. The van der Waals surface area contributed by atoms with Crippen molar-refractivity contribution >= 4 is 33.1 Å². The summed E-state index contributed by atoms with van der Waals surface area (Å²) in [7, 11) is 0. The van der Waals surface area contributed by atoms with E-state index in [1.54, 1.807) is 11.8 Å². The second-order valence-electron chi connectivity index (χ2n) is 5.42. The first kappa shape index (κ1) is 13.5. The Morgan fingerprint density at radius 1 is 1.17 bits per heavy atom. The van der Waals surface area contributed by atoms with Gasteiger partial charge in [-0.05, 0) is 32.4 Å². The Bertz CT molecular complexity index is 507. The first-order chi connectivity index (χ1) is 8.46. The maximum absolute atomic E-state index is 5.43. The molecule has 0 aliphatic carbocycles. The van der Waals surface area contributed by atoms with Gasteiger partial charge in [-0.3, -0.25) is 0 Å². The number of nitrogens with two attached hydrogens (primary N) is 1. The monoisotopic (exact) mass is 276 g/mol. The van der Waals surface area contributed by atoms with Crippen molar-refractivity contribution in [3.63, 3.8) is 0 Å². The highest BCUT2D eigenvalue weighted by molar-refractivity contribution is 8.30. The minimum atomic E-state index is 0.191. The Morgan fingerprint density at radius 2 is 1.83 bits per heavy atom. The third kappa shape index (κ3) is 3.55. The van der Waals surface area contributed by atoms with Crippen LogP contribution in [-0.4, -0.2) is 9.74 Å². The summed E-state index contributed by atoms with van der Waals surface area (Å²) >= 11 is 7.11. The van der Waals surface area contributed by atoms with Gasteiger partial charge in [-0.1, -0.05) is 54.3 Å². The summed E-state index contributed by atoms with van der Waals surface area (Å²) in [4.78, 5) is 1.24. The van der Waals surface area contributed by atoms with E-state index >= 15 is 0 Å². The number of thiocarbonyl (C=S) groups is 1. The normalized spacial score (nSPS) is 18.3. The second-order valence-corrected chi connectivity index (χ2v) is 7.14. The summed E-state index contributed by atoms with van der Waals surface area (Å²) < 4.78 is 0.967. The van der Waals surface area contributed by atoms with Gasteiger partial charge in [-0.25, -0.2) is 0 Å². The van der Waals surface area contributed by atoms with Crippen LogP contribution in [0.2, 0.25) is 0 Å². The average Bonchev–Trinajstić information content (AvgIpc) is 2.68. The van der Waals surface area contributed by atoms with E-state index in [2.05, 4.69) is 62.6 Å². The quantitative estimate of drug-likeness (QED) is 0.659. The first-order valence-corrected chi connectivity index (χ1v) is 7.24. The van der Waals surface area contributed by atoms with Crippen LogP contribution in [-0.2, 0) is 0 Å². The number of thioether (sulfide) groups is 1. The van der Waals surface area contributed by atoms with Gasteiger partial charge in [0, 0.05) is 4.91 Å². The Kier molecular flexibility index (Phi) is 4.05. The van der Waals surface area contributed by atoms with Crippen LogP contribution in [0.3, 0.4) is 0 Å². The molecule has 1 aliphatic heterocycles. The summed E-state index contributed by atoms with van der Waals surface area (Å²) in [6.07, 6.45) is 4.33. The molecule has 1 heterocycles. The molecule has 0 atom stereocenters. The SMILES string of the molecule is CC(C)(C)[NH2+]C=C1C=C(c2ccccc2)SC1=S. The standard InChI is InChI=1S/C15H17NS2/c1-15(2,3)16-10-12-9-13(18-14(12)17)11-7-5-4-6-8-11/h4-10,16H,1-3H3/p+1. The van der Waals surface area contributed by atoms with E-state index in [0.29, 0.717) is 0 Å². The van der Waals surface area contributed by atoms with Crippen LogP contribution in [0.1, 0.15) is 26.3 Å². The van der Waals surface area contributed by atoms with Crippen molar-refractivity contribution in [2.75, 3.05) is 0 Å². The fourth-order valence-electron chi connectivity index (χ4n) is 1.59. The molecular formula is C15H18NS2+. The summed E-state index contributed by atoms with van der Waals surface area (Å²) in [5, 5.41) is 2.21. The fourth-order valence-corrected chi connectivity index (χ4v) is 2.87. The highest BCUT2D eigenvalue weighted by Gasteiger charge is 2.20. The van der Waals surface area contributed by atoms with Crippen molar-refractivity contribution in [3.05, 3.63) is 53.7 Å². The number of allylic oxidation sites excluding steroid dienone is 1. The average molecular weight is 276 g/mol. The van der Waals surface area contributed by atoms with Crippen molar-refractivity contribution in [2.45, 2.75) is 26.3 Å². The molecule has 0 unspecified atom stereocenters. The molecule has 1 nitrogen and oxygen atoms in total. The lowest BCUT2D eigenvalue weighted by atomic mass is 10.1. The molecule has 18 heavy (non-hydrogen) atoms. The molecule has 0 aromatic heterocycles. The third-order valence-electron chi connectivity index (χ3n) is 2.55. The van der Waals surface area contributed by atoms with Crippen LogP contribution in [0.25, 0.3) is 4.91 Å². The molecule has 0 saturated carbocycles. The van der Waals surface area contributed by atoms with E-state index in [1.165, 1.54) is 10.5 Å². The Balaban J connectivity index is 2.20. The lowest BCUT2D eigenvalue weighted by Crippen LogP contribution is -2.89. The van der Waals surface area contributed by atoms with Gasteiger partial charge >= 0.3 is 0 Å². The van der Waals surface area contributed by atoms with E-state index < -0.39 is 0 Å². The molecule has 1 aromatic carbocycles. The van der Waals surface area contributed by atoms with E-state index in [1.807, 2.05) is 6.07 Å². The van der Waals surface area contributed by atoms with Crippen LogP contribution in [0.15, 0.2) is 48.2 Å². The minimum Gasteiger partial charge on any atom is -0.315 e. The number of hydrogen-bond donors (Lipinski definition) is 1. The van der Waals surface area contributed by atoms with Gasteiger partial charge in [0.05, 0.1) is 15.3 Å². The molecule has 0 fully saturated rings. The zero-order valence-corrected chi connectivity index (χ0v) is 12.6. The number of benzene rings is 1. The van der Waals surface area contributed by atoms with E-state index in [9.17, 15) is 0 Å². The van der Waals surface area contributed by atoms with Crippen LogP contribution >= 0.6 is 24.0 Å². The number of quaternary nitrogens is 1. The summed E-state index contributed by atoms with van der Waals surface area (Å²) in [5.74, 6) is 0. The van der Waals surface area contributed by atoms with Crippen LogP contribution in [0, 0.1) is 0 Å². The van der Waals surface area contributed by atoms with Crippen LogP contribution in [0.5, 0.6) is 0 Å². The van der Waals surface area contributed by atoms with Crippen LogP contribution < -0.4 is 5.32 Å². The van der Waals surface area contributed by atoms with Crippen LogP contribution in [0.4, 0.5) is 0 Å². The molecule has 0 bridgehead atoms. The molecule has 2 rings (SSSR count). The predicted molar refractivity (Wildman–Crippen MR) is 84.4 cm³/mol. The molecule has 1 aromatic rings. The summed E-state index contributed by atoms with van der Waals surface area (Å²) in [5.41, 5.74) is 2.59.